The van der Waals surface area contributed by atoms with Gasteiger partial charge in [-0.25, -0.2) is 8.78 Å². The molecule has 0 aliphatic heterocycles. The first-order valence-corrected chi connectivity index (χ1v) is 8.80. The van der Waals surface area contributed by atoms with Crippen molar-refractivity contribution in [2.45, 2.75) is 31.1 Å². The van der Waals surface area contributed by atoms with Gasteiger partial charge >= 0.3 is 0 Å². The molecule has 1 heterocycles. The summed E-state index contributed by atoms with van der Waals surface area (Å²) in [6.45, 7) is 0. The van der Waals surface area contributed by atoms with E-state index in [1.165, 1.54) is 12.1 Å². The molecule has 1 N–H and O–H groups in total. The summed E-state index contributed by atoms with van der Waals surface area (Å²) in [5.41, 5.74) is 3.96. The van der Waals surface area contributed by atoms with Crippen LogP contribution >= 0.6 is 0 Å². The highest BCUT2D eigenvalue weighted by atomic mass is 19.1. The monoisotopic (exact) mass is 350 g/mol. The van der Waals surface area contributed by atoms with Crippen LogP contribution in [0.4, 0.5) is 8.78 Å². The van der Waals surface area contributed by atoms with Gasteiger partial charge in [0.2, 0.25) is 5.78 Å². The Balaban J connectivity index is 1.54. The molecule has 2 aliphatic rings. The highest BCUT2D eigenvalue weighted by molar-refractivity contribution is 6.09. The number of hydrogen-bond donors (Lipinski definition) is 1. The number of nitrogens with one attached hydrogen (secondary N) is 1. The van der Waals surface area contributed by atoms with Crippen LogP contribution in [0.25, 0.3) is 11.1 Å². The maximum atomic E-state index is 14.1. The van der Waals surface area contributed by atoms with E-state index in [1.54, 1.807) is 24.3 Å². The van der Waals surface area contributed by atoms with Crippen LogP contribution in [-0.2, 0) is 0 Å². The first-order chi connectivity index (χ1) is 12.6. The summed E-state index contributed by atoms with van der Waals surface area (Å²) < 4.78 is 27.2. The number of nitrogens with zero attached hydrogens (tertiary/aromatic N) is 1. The maximum absolute atomic E-state index is 14.1. The van der Waals surface area contributed by atoms with Gasteiger partial charge in [-0.1, -0.05) is 18.2 Å². The van der Waals surface area contributed by atoms with Crippen molar-refractivity contribution in [1.29, 1.82) is 0 Å². The van der Waals surface area contributed by atoms with Crippen LogP contribution in [0.15, 0.2) is 42.5 Å². The van der Waals surface area contributed by atoms with Gasteiger partial charge in [0.1, 0.15) is 17.3 Å². The molecule has 3 nitrogen and oxygen atoms in total. The zero-order valence-corrected chi connectivity index (χ0v) is 13.9. The first kappa shape index (κ1) is 15.4. The molecule has 5 rings (SSSR count). The molecular weight excluding hydrogens is 334 g/mol. The van der Waals surface area contributed by atoms with Gasteiger partial charge in [0.25, 0.3) is 0 Å². The summed E-state index contributed by atoms with van der Waals surface area (Å²) in [7, 11) is 0. The molecular formula is C21H16F2N2O. The Morgan fingerprint density at radius 2 is 1.92 bits per heavy atom. The van der Waals surface area contributed by atoms with Gasteiger partial charge in [0, 0.05) is 34.4 Å². The molecule has 2 aromatic carbocycles. The van der Waals surface area contributed by atoms with Crippen molar-refractivity contribution < 1.29 is 13.6 Å². The lowest BCUT2D eigenvalue weighted by atomic mass is 9.92. The van der Waals surface area contributed by atoms with E-state index in [0.717, 1.165) is 36.6 Å². The second-order valence-corrected chi connectivity index (χ2v) is 7.14. The zero-order valence-electron chi connectivity index (χ0n) is 13.9. The Bertz CT molecular complexity index is 1040. The lowest BCUT2D eigenvalue weighted by Gasteiger charge is -2.11. The van der Waals surface area contributed by atoms with Gasteiger partial charge < -0.3 is 0 Å². The van der Waals surface area contributed by atoms with E-state index in [4.69, 9.17) is 0 Å². The smallest absolute Gasteiger partial charge is 0.213 e. The topological polar surface area (TPSA) is 45.8 Å². The van der Waals surface area contributed by atoms with Gasteiger partial charge in [-0.2, -0.15) is 5.10 Å². The minimum atomic E-state index is -0.646. The lowest BCUT2D eigenvalue weighted by molar-refractivity contribution is 0.103. The molecule has 0 spiro atoms. The fraction of sp³-hybridized carbons (Fsp3) is 0.238. The highest BCUT2D eigenvalue weighted by Crippen LogP contribution is 2.53. The van der Waals surface area contributed by atoms with Crippen molar-refractivity contribution in [3.63, 3.8) is 0 Å². The SMILES string of the molecule is O=C(c1cccc(-c2ccc(F)cc2F)c1)c1n[nH]c2c1C1CCC2C1. The number of rotatable bonds is 3. The van der Waals surface area contributed by atoms with Crippen LogP contribution in [-0.4, -0.2) is 16.0 Å². The molecule has 2 unspecified atom stereocenters. The number of hydrogen-bond acceptors (Lipinski definition) is 2. The van der Waals surface area contributed by atoms with Crippen molar-refractivity contribution >= 4 is 5.78 Å². The Morgan fingerprint density at radius 3 is 2.77 bits per heavy atom. The van der Waals surface area contributed by atoms with Gasteiger partial charge in [-0.3, -0.25) is 9.89 Å². The van der Waals surface area contributed by atoms with Crippen LogP contribution in [0, 0.1) is 11.6 Å². The zero-order chi connectivity index (χ0) is 17.8. The summed E-state index contributed by atoms with van der Waals surface area (Å²) in [6.07, 6.45) is 3.37. The predicted molar refractivity (Wildman–Crippen MR) is 93.1 cm³/mol. The second kappa shape index (κ2) is 5.59. The molecule has 0 amide bonds. The van der Waals surface area contributed by atoms with Crippen LogP contribution in [0.3, 0.4) is 0 Å². The van der Waals surface area contributed by atoms with E-state index in [1.807, 2.05) is 0 Å². The van der Waals surface area contributed by atoms with Crippen molar-refractivity contribution in [2.24, 2.45) is 0 Å². The number of carbonyl (C=O) groups is 1. The average molecular weight is 350 g/mol. The number of aromatic amines is 1. The van der Waals surface area contributed by atoms with E-state index < -0.39 is 11.6 Å². The molecule has 1 aromatic heterocycles. The van der Waals surface area contributed by atoms with Crippen LogP contribution in [0.1, 0.15) is 58.4 Å². The van der Waals surface area contributed by atoms with E-state index in [0.29, 0.717) is 28.7 Å². The van der Waals surface area contributed by atoms with Gasteiger partial charge in [-0.15, -0.1) is 0 Å². The van der Waals surface area contributed by atoms with Gasteiger partial charge in [0.15, 0.2) is 0 Å². The molecule has 0 radical (unpaired) electrons. The molecule has 2 atom stereocenters. The number of ketones is 1. The van der Waals surface area contributed by atoms with E-state index in [2.05, 4.69) is 10.2 Å². The standard InChI is InChI=1S/C21H16F2N2O/c22-15-6-7-16(17(23)10-15)11-2-1-3-14(8-11)21(26)20-18-12-4-5-13(9-12)19(18)24-25-20/h1-3,6-8,10,12-13H,4-5,9H2,(H,24,25). The summed E-state index contributed by atoms with van der Waals surface area (Å²) in [4.78, 5) is 13.0. The van der Waals surface area contributed by atoms with E-state index in [-0.39, 0.29) is 11.3 Å². The fourth-order valence-corrected chi connectivity index (χ4v) is 4.46. The third kappa shape index (κ3) is 2.23. The molecule has 1 saturated carbocycles. The molecule has 26 heavy (non-hydrogen) atoms. The Labute approximate surface area is 149 Å². The lowest BCUT2D eigenvalue weighted by Crippen LogP contribution is -2.07. The van der Waals surface area contributed by atoms with Crippen molar-refractivity contribution in [3.8, 4) is 11.1 Å². The Kier molecular flexibility index (Phi) is 3.32. The van der Waals surface area contributed by atoms with Crippen LogP contribution in [0.2, 0.25) is 0 Å². The van der Waals surface area contributed by atoms with Crippen molar-refractivity contribution in [2.75, 3.05) is 0 Å². The normalized spacial score (nSPS) is 20.4. The molecule has 0 saturated heterocycles. The highest BCUT2D eigenvalue weighted by Gasteiger charge is 2.42. The third-order valence-electron chi connectivity index (χ3n) is 5.66. The predicted octanol–water partition coefficient (Wildman–Crippen LogP) is 4.95. The number of benzene rings is 2. The largest absolute Gasteiger partial charge is 0.287 e. The van der Waals surface area contributed by atoms with Crippen LogP contribution < -0.4 is 0 Å². The number of fused-ring (bicyclic) bond motifs is 5. The number of halogens is 2. The summed E-state index contributed by atoms with van der Waals surface area (Å²) >= 11 is 0. The molecule has 130 valence electrons. The fourth-order valence-electron chi connectivity index (χ4n) is 4.46. The van der Waals surface area contributed by atoms with Crippen molar-refractivity contribution in [1.82, 2.24) is 10.2 Å². The summed E-state index contributed by atoms with van der Waals surface area (Å²) in [5.74, 6) is -0.498. The van der Waals surface area contributed by atoms with E-state index in [9.17, 15) is 13.6 Å². The minimum Gasteiger partial charge on any atom is -0.287 e. The molecule has 2 bridgehead atoms. The molecule has 5 heteroatoms. The molecule has 1 fully saturated rings. The third-order valence-corrected chi connectivity index (χ3v) is 5.66. The van der Waals surface area contributed by atoms with Crippen LogP contribution in [0.5, 0.6) is 0 Å². The number of aromatic nitrogens is 2. The average Bonchev–Trinajstić information content (AvgIpc) is 3.35. The number of H-pyrrole nitrogens is 1. The van der Waals surface area contributed by atoms with Gasteiger partial charge in [0.05, 0.1) is 0 Å². The maximum Gasteiger partial charge on any atom is 0.213 e. The van der Waals surface area contributed by atoms with E-state index >= 15 is 0 Å². The summed E-state index contributed by atoms with van der Waals surface area (Å²) in [5, 5.41) is 7.35. The molecule has 3 aromatic rings. The second-order valence-electron chi connectivity index (χ2n) is 7.14. The quantitative estimate of drug-likeness (QED) is 0.679. The minimum absolute atomic E-state index is 0.153. The first-order valence-electron chi connectivity index (χ1n) is 8.80. The summed E-state index contributed by atoms with van der Waals surface area (Å²) in [6, 6.07) is 10.2. The van der Waals surface area contributed by atoms with Crippen molar-refractivity contribution in [3.05, 3.63) is 76.6 Å². The number of carbonyl (C=O) groups excluding carboxylic acids is 1. The Hall–Kier alpha value is -2.82. The van der Waals surface area contributed by atoms with Gasteiger partial charge in [-0.05, 0) is 48.9 Å². The Morgan fingerprint density at radius 1 is 1.08 bits per heavy atom. The molecule has 2 aliphatic carbocycles.